The molecule has 22 heavy (non-hydrogen) atoms. The minimum absolute atomic E-state index is 0.00212. The van der Waals surface area contributed by atoms with Crippen molar-refractivity contribution in [1.82, 2.24) is 10.0 Å². The Morgan fingerprint density at radius 3 is 3.00 bits per heavy atom. The summed E-state index contributed by atoms with van der Waals surface area (Å²) in [7, 11) is 0. The number of guanidine groups is 1. The van der Waals surface area contributed by atoms with Crippen LogP contribution in [0.2, 0.25) is 0 Å². The molecule has 1 aromatic rings. The van der Waals surface area contributed by atoms with Gasteiger partial charge in [-0.05, 0) is 18.6 Å². The predicted molar refractivity (Wildman–Crippen MR) is 86.7 cm³/mol. The summed E-state index contributed by atoms with van der Waals surface area (Å²) in [6.07, 6.45) is 2.09. The molecule has 1 aliphatic heterocycles. The summed E-state index contributed by atoms with van der Waals surface area (Å²) in [6.45, 7) is 1.05. The van der Waals surface area contributed by atoms with Crippen molar-refractivity contribution in [3.8, 4) is 5.75 Å². The number of ether oxygens (including phenoxy) is 1. The van der Waals surface area contributed by atoms with Gasteiger partial charge in [-0.2, -0.15) is 9.12 Å². The topological polar surface area (TPSA) is 153 Å². The molecule has 0 aliphatic carbocycles. The molecule has 1 heterocycles. The third-order valence-electron chi connectivity index (χ3n) is 2.69. The van der Waals surface area contributed by atoms with E-state index in [0.29, 0.717) is 31.0 Å². The van der Waals surface area contributed by atoms with Gasteiger partial charge >= 0.3 is 0 Å². The summed E-state index contributed by atoms with van der Waals surface area (Å²) < 4.78 is 22.9. The molecule has 0 fully saturated rings. The third kappa shape index (κ3) is 5.07. The molecule has 8 N–H and O–H groups in total. The van der Waals surface area contributed by atoms with Crippen molar-refractivity contribution in [2.75, 3.05) is 13.2 Å². The van der Waals surface area contributed by atoms with E-state index in [4.69, 9.17) is 21.9 Å². The lowest BCUT2D eigenvalue weighted by Gasteiger charge is -2.21. The quantitative estimate of drug-likeness (QED) is 0.184. The number of benzene rings is 1. The lowest BCUT2D eigenvalue weighted by atomic mass is 10.3. The van der Waals surface area contributed by atoms with E-state index in [9.17, 15) is 4.21 Å². The van der Waals surface area contributed by atoms with Crippen molar-refractivity contribution >= 4 is 29.0 Å². The Balaban J connectivity index is 1.72. The zero-order chi connectivity index (χ0) is 16.0. The van der Waals surface area contributed by atoms with Crippen LogP contribution in [0.3, 0.4) is 0 Å². The molecule has 0 bridgehead atoms. The van der Waals surface area contributed by atoms with Crippen molar-refractivity contribution in [2.24, 2.45) is 26.6 Å². The van der Waals surface area contributed by atoms with Crippen LogP contribution in [0.1, 0.15) is 6.42 Å². The number of hydrogen-bond acceptors (Lipinski definition) is 5. The van der Waals surface area contributed by atoms with Crippen molar-refractivity contribution in [2.45, 2.75) is 12.2 Å². The Hall–Kier alpha value is -2.01. The number of nitrogens with two attached hydrogens (primary N) is 3. The fraction of sp³-hybridized carbons (Fsp3) is 0.333. The number of hydrogen-bond donors (Lipinski definition) is 5. The summed E-state index contributed by atoms with van der Waals surface area (Å²) in [4.78, 5) is 3.94. The van der Waals surface area contributed by atoms with Crippen LogP contribution in [0.15, 0.2) is 33.7 Å². The van der Waals surface area contributed by atoms with E-state index >= 15 is 0 Å². The molecule has 0 amide bonds. The Morgan fingerprint density at radius 1 is 1.50 bits per heavy atom. The number of nitrogens with one attached hydrogen (secondary N) is 2. The van der Waals surface area contributed by atoms with Gasteiger partial charge in [0.15, 0.2) is 11.7 Å². The summed E-state index contributed by atoms with van der Waals surface area (Å²) in [5.41, 5.74) is 17.1. The van der Waals surface area contributed by atoms with Crippen LogP contribution in [-0.4, -0.2) is 35.3 Å². The highest BCUT2D eigenvalue weighted by atomic mass is 32.2. The Bertz CT molecular complexity index is 603. The fourth-order valence-electron chi connectivity index (χ4n) is 1.76. The molecule has 2 atom stereocenters. The van der Waals surface area contributed by atoms with Crippen molar-refractivity contribution in [3.05, 3.63) is 24.3 Å². The Kier molecular flexibility index (Phi) is 5.44. The zero-order valence-electron chi connectivity index (χ0n) is 11.9. The molecule has 10 heteroatoms. The normalized spacial score (nSPS) is 23.4. The van der Waals surface area contributed by atoms with Crippen molar-refractivity contribution in [3.63, 3.8) is 0 Å². The third-order valence-corrected chi connectivity index (χ3v) is 3.50. The molecule has 120 valence electrons. The van der Waals surface area contributed by atoms with Gasteiger partial charge in [-0.1, -0.05) is 6.07 Å². The molecule has 1 aliphatic rings. The molecule has 2 rings (SSSR count). The monoisotopic (exact) mass is 325 g/mol. The van der Waals surface area contributed by atoms with Gasteiger partial charge in [-0.15, -0.1) is 0 Å². The molecular formula is C12H19N7O2S. The number of nitrogens with zero attached hydrogens (tertiary/aromatic N) is 2. The van der Waals surface area contributed by atoms with Crippen LogP contribution in [-0.2, 0) is 11.2 Å². The summed E-state index contributed by atoms with van der Waals surface area (Å²) in [5, 5.41) is 3.00. The standard InChI is InChI=1S/C12H19N7O2S/c13-11(14)18-9-3-1-4-10(7-9)21-6-2-5-16-12(15)8-17-22(20)19-12/h1,3-4,7-8,16,19H,2,5-6,15H2,(H4,13,14,18). The molecule has 0 saturated heterocycles. The van der Waals surface area contributed by atoms with E-state index in [-0.39, 0.29) is 5.96 Å². The predicted octanol–water partition coefficient (Wildman–Crippen LogP) is -1.18. The highest BCUT2D eigenvalue weighted by molar-refractivity contribution is 7.82. The molecule has 1 aromatic carbocycles. The second kappa shape index (κ2) is 7.31. The lowest BCUT2D eigenvalue weighted by molar-refractivity contribution is 0.300. The first-order valence-corrected chi connectivity index (χ1v) is 7.69. The summed E-state index contributed by atoms with van der Waals surface area (Å²) >= 11 is -1.47. The van der Waals surface area contributed by atoms with Crippen LogP contribution >= 0.6 is 0 Å². The van der Waals surface area contributed by atoms with Gasteiger partial charge < -0.3 is 16.2 Å². The highest BCUT2D eigenvalue weighted by Crippen LogP contribution is 2.19. The van der Waals surface area contributed by atoms with E-state index in [1.165, 1.54) is 6.21 Å². The van der Waals surface area contributed by atoms with Gasteiger partial charge in [0.1, 0.15) is 5.75 Å². The molecule has 0 spiro atoms. The second-order valence-corrected chi connectivity index (χ2v) is 5.53. The van der Waals surface area contributed by atoms with E-state index in [0.717, 1.165) is 0 Å². The molecule has 0 aromatic heterocycles. The molecule has 0 saturated carbocycles. The summed E-state index contributed by atoms with van der Waals surface area (Å²) in [6, 6.07) is 7.14. The smallest absolute Gasteiger partial charge is 0.218 e. The van der Waals surface area contributed by atoms with Crippen LogP contribution in [0.25, 0.3) is 0 Å². The number of rotatable bonds is 7. The minimum atomic E-state index is -1.47. The minimum Gasteiger partial charge on any atom is -0.493 e. The molecular weight excluding hydrogens is 306 g/mol. The van der Waals surface area contributed by atoms with Gasteiger partial charge in [-0.25, -0.2) is 9.20 Å². The average Bonchev–Trinajstić information content (AvgIpc) is 2.78. The first-order valence-electron chi connectivity index (χ1n) is 6.58. The second-order valence-electron chi connectivity index (χ2n) is 4.62. The Labute approximate surface area is 130 Å². The van der Waals surface area contributed by atoms with Crippen LogP contribution in [0.4, 0.5) is 5.69 Å². The molecule has 9 nitrogen and oxygen atoms in total. The highest BCUT2D eigenvalue weighted by Gasteiger charge is 2.28. The number of aliphatic imine (C=N–C) groups is 1. The van der Waals surface area contributed by atoms with Crippen molar-refractivity contribution < 1.29 is 8.95 Å². The largest absolute Gasteiger partial charge is 0.493 e. The maximum Gasteiger partial charge on any atom is 0.218 e. The van der Waals surface area contributed by atoms with Gasteiger partial charge in [-0.3, -0.25) is 11.1 Å². The summed E-state index contributed by atoms with van der Waals surface area (Å²) in [5.74, 6) is -0.359. The van der Waals surface area contributed by atoms with Crippen molar-refractivity contribution in [1.29, 1.82) is 0 Å². The van der Waals surface area contributed by atoms with E-state index in [1.54, 1.807) is 18.2 Å². The van der Waals surface area contributed by atoms with Gasteiger partial charge in [0, 0.05) is 12.6 Å². The maximum absolute atomic E-state index is 11.1. The van der Waals surface area contributed by atoms with E-state index in [2.05, 4.69) is 19.4 Å². The van der Waals surface area contributed by atoms with Crippen LogP contribution in [0.5, 0.6) is 5.75 Å². The fourth-order valence-corrected chi connectivity index (χ4v) is 2.49. The molecule has 2 unspecified atom stereocenters. The first kappa shape index (κ1) is 16.4. The van der Waals surface area contributed by atoms with Gasteiger partial charge in [0.05, 0.1) is 18.5 Å². The van der Waals surface area contributed by atoms with Crippen LogP contribution in [0, 0.1) is 0 Å². The Morgan fingerprint density at radius 2 is 2.32 bits per heavy atom. The van der Waals surface area contributed by atoms with E-state index < -0.39 is 17.0 Å². The van der Waals surface area contributed by atoms with E-state index in [1.807, 2.05) is 6.07 Å². The zero-order valence-corrected chi connectivity index (χ0v) is 12.7. The SMILES string of the molecule is NC(N)=Nc1cccc(OCCCNC2(N)C=NS(=O)N2)c1. The van der Waals surface area contributed by atoms with Crippen LogP contribution < -0.4 is 32.0 Å². The lowest BCUT2D eigenvalue weighted by Crippen LogP contribution is -2.63. The maximum atomic E-state index is 11.1. The first-order chi connectivity index (χ1) is 10.5. The van der Waals surface area contributed by atoms with Gasteiger partial charge in [0.2, 0.25) is 11.2 Å². The van der Waals surface area contributed by atoms with Gasteiger partial charge in [0.25, 0.3) is 0 Å². The molecule has 0 radical (unpaired) electrons. The average molecular weight is 325 g/mol.